The second-order valence-corrected chi connectivity index (χ2v) is 8.36. The van der Waals surface area contributed by atoms with Crippen molar-refractivity contribution in [3.63, 3.8) is 0 Å². The minimum Gasteiger partial charge on any atom is -0.354 e. The van der Waals surface area contributed by atoms with Crippen molar-refractivity contribution in [2.45, 2.75) is 51.2 Å². The van der Waals surface area contributed by atoms with E-state index in [9.17, 15) is 9.59 Å². The maximum Gasteiger partial charge on any atom is 0.225 e. The number of thiophene rings is 1. The van der Waals surface area contributed by atoms with Crippen LogP contribution in [-0.4, -0.2) is 53.3 Å². The zero-order valence-corrected chi connectivity index (χ0v) is 15.0. The van der Waals surface area contributed by atoms with Gasteiger partial charge < -0.3 is 10.2 Å². The Morgan fingerprint density at radius 3 is 3.08 bits per heavy atom. The minimum atomic E-state index is -0.157. The Bertz CT molecular complexity index is 640. The number of nitrogens with zero attached hydrogens (tertiary/aromatic N) is 2. The fourth-order valence-electron chi connectivity index (χ4n) is 3.81. The predicted octanol–water partition coefficient (Wildman–Crippen LogP) is 1.62. The van der Waals surface area contributed by atoms with E-state index in [0.29, 0.717) is 31.6 Å². The molecule has 2 atom stereocenters. The normalized spacial score (nSPS) is 25.6. The molecule has 2 aliphatic heterocycles. The molecule has 1 N–H and O–H groups in total. The molecule has 0 spiro atoms. The first-order valence-corrected chi connectivity index (χ1v) is 9.86. The fraction of sp³-hybridized carbons (Fsp3) is 0.667. The van der Waals surface area contributed by atoms with Crippen molar-refractivity contribution in [1.82, 2.24) is 15.1 Å². The van der Waals surface area contributed by atoms with Crippen LogP contribution in [0.5, 0.6) is 0 Å². The van der Waals surface area contributed by atoms with Gasteiger partial charge in [-0.05, 0) is 43.2 Å². The summed E-state index contributed by atoms with van der Waals surface area (Å²) >= 11 is 1.85. The molecule has 4 rings (SSSR count). The number of hydrogen-bond donors (Lipinski definition) is 1. The van der Waals surface area contributed by atoms with Crippen LogP contribution in [0.15, 0.2) is 11.4 Å². The van der Waals surface area contributed by atoms with Gasteiger partial charge in [0.25, 0.3) is 0 Å². The Morgan fingerprint density at radius 1 is 1.46 bits per heavy atom. The second-order valence-electron chi connectivity index (χ2n) is 7.36. The van der Waals surface area contributed by atoms with Crippen molar-refractivity contribution >= 4 is 23.2 Å². The predicted molar refractivity (Wildman–Crippen MR) is 93.7 cm³/mol. The third kappa shape index (κ3) is 3.22. The highest BCUT2D eigenvalue weighted by atomic mass is 32.1. The summed E-state index contributed by atoms with van der Waals surface area (Å²) < 4.78 is 0. The van der Waals surface area contributed by atoms with Crippen LogP contribution in [0.3, 0.4) is 0 Å². The standard InChI is InChI=1S/C18H25N3O2S/c1-12(20-6-4-16-13(10-20)5-7-24-16)9-19-18(23)14-8-17(22)21(11-14)15-2-3-15/h5,7,12,14-15H,2-4,6,8-11H2,1H3,(H,19,23). The van der Waals surface area contributed by atoms with Crippen molar-refractivity contribution in [1.29, 1.82) is 0 Å². The van der Waals surface area contributed by atoms with E-state index < -0.39 is 0 Å². The number of amides is 2. The number of rotatable bonds is 5. The Kier molecular flexibility index (Phi) is 4.35. The summed E-state index contributed by atoms with van der Waals surface area (Å²) in [4.78, 5) is 30.3. The first-order valence-electron chi connectivity index (χ1n) is 8.98. The molecule has 1 aromatic rings. The van der Waals surface area contributed by atoms with Crippen molar-refractivity contribution in [2.24, 2.45) is 5.92 Å². The van der Waals surface area contributed by atoms with Gasteiger partial charge in [-0.1, -0.05) is 0 Å². The van der Waals surface area contributed by atoms with Gasteiger partial charge in [-0.2, -0.15) is 0 Å². The third-order valence-electron chi connectivity index (χ3n) is 5.55. The molecule has 3 aliphatic rings. The molecule has 0 aromatic carbocycles. The lowest BCUT2D eigenvalue weighted by Crippen LogP contribution is -2.45. The SMILES string of the molecule is CC(CNC(=O)C1CC(=O)N(C2CC2)C1)N1CCc2sccc2C1. The lowest BCUT2D eigenvalue weighted by molar-refractivity contribution is -0.129. The van der Waals surface area contributed by atoms with Crippen molar-refractivity contribution in [2.75, 3.05) is 19.6 Å². The topological polar surface area (TPSA) is 52.7 Å². The van der Waals surface area contributed by atoms with Gasteiger partial charge >= 0.3 is 0 Å². The van der Waals surface area contributed by atoms with E-state index in [1.807, 2.05) is 16.2 Å². The molecule has 0 radical (unpaired) electrons. The average Bonchev–Trinajstić information content (AvgIpc) is 3.18. The van der Waals surface area contributed by atoms with Crippen LogP contribution in [0.1, 0.15) is 36.6 Å². The summed E-state index contributed by atoms with van der Waals surface area (Å²) in [7, 11) is 0. The molecule has 3 heterocycles. The van der Waals surface area contributed by atoms with Gasteiger partial charge in [0.15, 0.2) is 0 Å². The molecule has 1 saturated carbocycles. The highest BCUT2D eigenvalue weighted by Gasteiger charge is 2.41. The molecule has 130 valence electrons. The number of carbonyl (C=O) groups is 2. The summed E-state index contributed by atoms with van der Waals surface area (Å²) in [6, 6.07) is 2.95. The van der Waals surface area contributed by atoms with E-state index in [0.717, 1.165) is 32.4 Å². The minimum absolute atomic E-state index is 0.0478. The zero-order chi connectivity index (χ0) is 16.7. The van der Waals surface area contributed by atoms with Crippen LogP contribution in [-0.2, 0) is 22.6 Å². The van der Waals surface area contributed by atoms with E-state index in [-0.39, 0.29) is 17.7 Å². The van der Waals surface area contributed by atoms with Gasteiger partial charge in [0.05, 0.1) is 5.92 Å². The lowest BCUT2D eigenvalue weighted by Gasteiger charge is -2.32. The summed E-state index contributed by atoms with van der Waals surface area (Å²) in [5, 5.41) is 5.25. The molecule has 2 fully saturated rings. The van der Waals surface area contributed by atoms with Crippen LogP contribution >= 0.6 is 11.3 Å². The first kappa shape index (κ1) is 16.1. The number of carbonyl (C=O) groups excluding carboxylic acids is 2. The van der Waals surface area contributed by atoms with E-state index >= 15 is 0 Å². The van der Waals surface area contributed by atoms with Crippen LogP contribution < -0.4 is 5.32 Å². The van der Waals surface area contributed by atoms with Crippen molar-refractivity contribution < 1.29 is 9.59 Å². The van der Waals surface area contributed by atoms with E-state index in [1.165, 1.54) is 10.4 Å². The van der Waals surface area contributed by atoms with Crippen LogP contribution in [0.25, 0.3) is 0 Å². The number of likely N-dealkylation sites (tertiary alicyclic amines) is 1. The van der Waals surface area contributed by atoms with Crippen LogP contribution in [0, 0.1) is 5.92 Å². The van der Waals surface area contributed by atoms with Gasteiger partial charge in [0.2, 0.25) is 11.8 Å². The molecule has 0 bridgehead atoms. The number of hydrogen-bond acceptors (Lipinski definition) is 4. The Hall–Kier alpha value is -1.40. The van der Waals surface area contributed by atoms with Gasteiger partial charge in [-0.3, -0.25) is 14.5 Å². The lowest BCUT2D eigenvalue weighted by atomic mass is 10.1. The van der Waals surface area contributed by atoms with Gasteiger partial charge in [0.1, 0.15) is 0 Å². The molecular weight excluding hydrogens is 322 g/mol. The molecular formula is C18H25N3O2S. The Morgan fingerprint density at radius 2 is 2.29 bits per heavy atom. The summed E-state index contributed by atoms with van der Waals surface area (Å²) in [5.41, 5.74) is 1.44. The molecule has 5 nitrogen and oxygen atoms in total. The molecule has 24 heavy (non-hydrogen) atoms. The summed E-state index contributed by atoms with van der Waals surface area (Å²) in [6.45, 7) is 5.49. The van der Waals surface area contributed by atoms with E-state index in [1.54, 1.807) is 0 Å². The molecule has 1 aliphatic carbocycles. The van der Waals surface area contributed by atoms with Gasteiger partial charge in [0, 0.05) is 49.6 Å². The molecule has 2 amide bonds. The number of nitrogens with one attached hydrogen (secondary N) is 1. The summed E-state index contributed by atoms with van der Waals surface area (Å²) in [5.74, 6) is 0.0495. The highest BCUT2D eigenvalue weighted by Crippen LogP contribution is 2.32. The van der Waals surface area contributed by atoms with Gasteiger partial charge in [-0.15, -0.1) is 11.3 Å². The molecule has 2 unspecified atom stereocenters. The fourth-order valence-corrected chi connectivity index (χ4v) is 4.70. The van der Waals surface area contributed by atoms with Crippen molar-refractivity contribution in [3.05, 3.63) is 21.9 Å². The maximum atomic E-state index is 12.4. The first-order chi connectivity index (χ1) is 11.6. The third-order valence-corrected chi connectivity index (χ3v) is 6.57. The quantitative estimate of drug-likeness (QED) is 0.881. The smallest absolute Gasteiger partial charge is 0.225 e. The summed E-state index contributed by atoms with van der Waals surface area (Å²) in [6.07, 6.45) is 3.71. The van der Waals surface area contributed by atoms with Crippen LogP contribution in [0.2, 0.25) is 0 Å². The molecule has 6 heteroatoms. The monoisotopic (exact) mass is 347 g/mol. The average molecular weight is 347 g/mol. The largest absolute Gasteiger partial charge is 0.354 e. The zero-order valence-electron chi connectivity index (χ0n) is 14.2. The van der Waals surface area contributed by atoms with Gasteiger partial charge in [-0.25, -0.2) is 0 Å². The van der Waals surface area contributed by atoms with E-state index in [4.69, 9.17) is 0 Å². The molecule has 1 aromatic heterocycles. The Labute approximate surface area is 147 Å². The van der Waals surface area contributed by atoms with E-state index in [2.05, 4.69) is 28.6 Å². The number of fused-ring (bicyclic) bond motifs is 1. The van der Waals surface area contributed by atoms with Crippen LogP contribution in [0.4, 0.5) is 0 Å². The second kappa shape index (κ2) is 6.48. The van der Waals surface area contributed by atoms with Crippen molar-refractivity contribution in [3.8, 4) is 0 Å². The maximum absolute atomic E-state index is 12.4. The Balaban J connectivity index is 1.26. The highest BCUT2D eigenvalue weighted by molar-refractivity contribution is 7.10. The molecule has 1 saturated heterocycles.